The van der Waals surface area contributed by atoms with E-state index in [0.717, 1.165) is 5.06 Å². The minimum absolute atomic E-state index is 0.145. The van der Waals surface area contributed by atoms with Crippen molar-refractivity contribution in [3.8, 4) is 0 Å². The van der Waals surface area contributed by atoms with Gasteiger partial charge in [0.05, 0.1) is 0 Å². The van der Waals surface area contributed by atoms with Gasteiger partial charge in [-0.15, -0.1) is 5.06 Å². The summed E-state index contributed by atoms with van der Waals surface area (Å²) in [5, 5.41) is 9.10. The lowest BCUT2D eigenvalue weighted by atomic mass is 10.2. The molecule has 1 heterocycles. The van der Waals surface area contributed by atoms with E-state index in [-0.39, 0.29) is 31.3 Å². The van der Waals surface area contributed by atoms with Crippen LogP contribution in [0.5, 0.6) is 0 Å². The van der Waals surface area contributed by atoms with Crippen molar-refractivity contribution in [3.05, 3.63) is 36.1 Å². The highest BCUT2D eigenvalue weighted by molar-refractivity contribution is 6.00. The molecule has 108 valence electrons. The summed E-state index contributed by atoms with van der Waals surface area (Å²) in [5.41, 5.74) is 0.509. The van der Waals surface area contributed by atoms with E-state index >= 15 is 0 Å². The third-order valence-corrected chi connectivity index (χ3v) is 2.40. The first-order chi connectivity index (χ1) is 9.43. The van der Waals surface area contributed by atoms with Crippen molar-refractivity contribution in [2.45, 2.75) is 19.8 Å². The van der Waals surface area contributed by atoms with Gasteiger partial charge in [-0.3, -0.25) is 9.59 Å². The molecule has 1 rings (SSSR count). The predicted molar refractivity (Wildman–Crippen MR) is 68.2 cm³/mol. The second-order valence-corrected chi connectivity index (χ2v) is 3.95. The summed E-state index contributed by atoms with van der Waals surface area (Å²) in [6.07, 6.45) is 3.34. The molecule has 0 aromatic heterocycles. The zero-order valence-corrected chi connectivity index (χ0v) is 11.0. The van der Waals surface area contributed by atoms with Crippen LogP contribution in [0.15, 0.2) is 36.1 Å². The lowest BCUT2D eigenvalue weighted by Gasteiger charge is -2.14. The van der Waals surface area contributed by atoms with Gasteiger partial charge in [-0.2, -0.15) is 0 Å². The molecule has 1 N–H and O–H groups in total. The summed E-state index contributed by atoms with van der Waals surface area (Å²) in [4.78, 5) is 38.0. The van der Waals surface area contributed by atoms with Crippen LogP contribution in [0.1, 0.15) is 19.8 Å². The maximum absolute atomic E-state index is 11.3. The smallest absolute Gasteiger partial charge is 0.450 e. The maximum Gasteiger partial charge on any atom is 0.506 e. The second kappa shape index (κ2) is 7.13. The van der Waals surface area contributed by atoms with Crippen LogP contribution in [0.25, 0.3) is 0 Å². The number of carbonyl (C=O) groups is 3. The van der Waals surface area contributed by atoms with E-state index in [0.29, 0.717) is 11.3 Å². The van der Waals surface area contributed by atoms with Gasteiger partial charge in [0.2, 0.25) is 0 Å². The van der Waals surface area contributed by atoms with Crippen LogP contribution in [0, 0.1) is 0 Å². The fourth-order valence-corrected chi connectivity index (χ4v) is 1.38. The maximum atomic E-state index is 11.3. The van der Waals surface area contributed by atoms with E-state index in [4.69, 9.17) is 9.94 Å². The van der Waals surface area contributed by atoms with Gasteiger partial charge in [-0.1, -0.05) is 18.7 Å². The van der Waals surface area contributed by atoms with Crippen molar-refractivity contribution in [1.82, 2.24) is 5.06 Å². The molecule has 0 radical (unpaired) electrons. The van der Waals surface area contributed by atoms with Crippen LogP contribution in [-0.4, -0.2) is 34.7 Å². The van der Waals surface area contributed by atoms with E-state index in [9.17, 15) is 14.4 Å². The average molecular weight is 281 g/mol. The molecule has 1 saturated heterocycles. The molecular weight excluding hydrogens is 266 g/mol. The number of carbonyl (C=O) groups excluding carboxylic acids is 2. The Labute approximate surface area is 115 Å². The lowest BCUT2D eigenvalue weighted by molar-refractivity contribution is -0.176. The van der Waals surface area contributed by atoms with Crippen molar-refractivity contribution in [3.63, 3.8) is 0 Å². The molecule has 0 bridgehead atoms. The second-order valence-electron chi connectivity index (χ2n) is 3.95. The molecule has 0 aromatic carbocycles. The van der Waals surface area contributed by atoms with Crippen molar-refractivity contribution < 1.29 is 29.1 Å². The number of nitrogens with zero attached hydrogens (tertiary/aromatic N) is 1. The summed E-state index contributed by atoms with van der Waals surface area (Å²) < 4.78 is 4.38. The minimum atomic E-state index is -1.39. The van der Waals surface area contributed by atoms with Gasteiger partial charge in [-0.05, 0) is 18.6 Å². The van der Waals surface area contributed by atoms with E-state index in [2.05, 4.69) is 11.3 Å². The predicted octanol–water partition coefficient (Wildman–Crippen LogP) is 1.78. The highest BCUT2D eigenvalue weighted by Gasteiger charge is 2.31. The molecule has 1 aliphatic rings. The summed E-state index contributed by atoms with van der Waals surface area (Å²) in [6, 6.07) is 0. The number of ether oxygens (including phenoxy) is 1. The molecule has 0 atom stereocenters. The molecule has 1 aliphatic heterocycles. The normalized spacial score (nSPS) is 16.4. The first-order valence-electron chi connectivity index (χ1n) is 5.83. The molecule has 2 amide bonds. The number of carboxylic acid groups (broad SMARTS) is 1. The highest BCUT2D eigenvalue weighted by atomic mass is 16.7. The third kappa shape index (κ3) is 4.60. The summed E-state index contributed by atoms with van der Waals surface area (Å²) in [7, 11) is 0. The van der Waals surface area contributed by atoms with Crippen molar-refractivity contribution in [1.29, 1.82) is 0 Å². The summed E-state index contributed by atoms with van der Waals surface area (Å²) >= 11 is 0. The number of amides is 2. The van der Waals surface area contributed by atoms with Gasteiger partial charge in [0.15, 0.2) is 0 Å². The van der Waals surface area contributed by atoms with E-state index in [1.165, 1.54) is 18.2 Å². The molecule has 1 fully saturated rings. The standard InChI is InChI=1S/C13H15NO6/c1-3-10(8-19-13(17)18)5-4-9(2)20-14-11(15)6-7-12(14)16/h3-5H,1,6-8H2,2H3,(H,17,18)/b9-4+,10-5+. The number of hydrogen-bond donors (Lipinski definition) is 1. The van der Waals surface area contributed by atoms with Gasteiger partial charge in [-0.25, -0.2) is 4.79 Å². The van der Waals surface area contributed by atoms with Crippen LogP contribution in [0.3, 0.4) is 0 Å². The Morgan fingerprint density at radius 1 is 1.35 bits per heavy atom. The monoisotopic (exact) mass is 281 g/mol. The third-order valence-electron chi connectivity index (χ3n) is 2.40. The zero-order chi connectivity index (χ0) is 15.1. The van der Waals surface area contributed by atoms with Gasteiger partial charge >= 0.3 is 6.16 Å². The molecule has 0 unspecified atom stereocenters. The Morgan fingerprint density at radius 2 is 1.95 bits per heavy atom. The average Bonchev–Trinajstić information content (AvgIpc) is 2.70. The van der Waals surface area contributed by atoms with Crippen LogP contribution in [0.2, 0.25) is 0 Å². The highest BCUT2D eigenvalue weighted by Crippen LogP contribution is 2.15. The van der Waals surface area contributed by atoms with E-state index in [1.807, 2.05) is 0 Å². The molecule has 7 nitrogen and oxygen atoms in total. The SMILES string of the molecule is C=C/C(=C\C=C(/C)ON1C(=O)CCC1=O)COC(=O)O. The number of hydrogen-bond acceptors (Lipinski definition) is 5. The molecular formula is C13H15NO6. The molecule has 0 saturated carbocycles. The van der Waals surface area contributed by atoms with Crippen LogP contribution in [-0.2, 0) is 19.2 Å². The van der Waals surface area contributed by atoms with Crippen LogP contribution < -0.4 is 0 Å². The summed E-state index contributed by atoms with van der Waals surface area (Å²) in [6.45, 7) is 4.93. The quantitative estimate of drug-likeness (QED) is 0.345. The zero-order valence-electron chi connectivity index (χ0n) is 11.0. The first kappa shape index (κ1) is 15.5. The van der Waals surface area contributed by atoms with Crippen LogP contribution >= 0.6 is 0 Å². The molecule has 0 aromatic rings. The van der Waals surface area contributed by atoms with Crippen molar-refractivity contribution in [2.24, 2.45) is 0 Å². The fraction of sp³-hybridized carbons (Fsp3) is 0.308. The molecule has 0 aliphatic carbocycles. The Hall–Kier alpha value is -2.57. The van der Waals surface area contributed by atoms with E-state index in [1.54, 1.807) is 6.92 Å². The van der Waals surface area contributed by atoms with Crippen molar-refractivity contribution in [2.75, 3.05) is 6.61 Å². The van der Waals surface area contributed by atoms with Crippen LogP contribution in [0.4, 0.5) is 4.79 Å². The largest absolute Gasteiger partial charge is 0.506 e. The van der Waals surface area contributed by atoms with Crippen molar-refractivity contribution >= 4 is 18.0 Å². The Morgan fingerprint density at radius 3 is 2.45 bits per heavy atom. The number of allylic oxidation sites excluding steroid dienone is 3. The lowest BCUT2D eigenvalue weighted by Crippen LogP contribution is -2.28. The first-order valence-corrected chi connectivity index (χ1v) is 5.83. The Balaban J connectivity index is 2.62. The van der Waals surface area contributed by atoms with Gasteiger partial charge in [0.1, 0.15) is 12.4 Å². The Kier molecular flexibility index (Phi) is 5.52. The molecule has 7 heteroatoms. The molecule has 20 heavy (non-hydrogen) atoms. The minimum Gasteiger partial charge on any atom is -0.450 e. The molecule has 0 spiro atoms. The number of hydroxylamine groups is 2. The number of imide groups is 1. The summed E-state index contributed by atoms with van der Waals surface area (Å²) in [5.74, 6) is -0.460. The van der Waals surface area contributed by atoms with E-state index < -0.39 is 6.16 Å². The number of rotatable bonds is 6. The topological polar surface area (TPSA) is 93.1 Å². The van der Waals surface area contributed by atoms with Gasteiger partial charge < -0.3 is 14.7 Å². The Bertz CT molecular complexity index is 475. The fourth-order valence-electron chi connectivity index (χ4n) is 1.38. The van der Waals surface area contributed by atoms with Gasteiger partial charge in [0, 0.05) is 12.8 Å². The van der Waals surface area contributed by atoms with Gasteiger partial charge in [0.25, 0.3) is 11.8 Å².